The summed E-state index contributed by atoms with van der Waals surface area (Å²) in [6.07, 6.45) is 0. The summed E-state index contributed by atoms with van der Waals surface area (Å²) in [5.74, 6) is -0.0259. The third kappa shape index (κ3) is 3.96. The molecule has 156 valence electrons. The Kier molecular flexibility index (Phi) is 5.88. The van der Waals surface area contributed by atoms with Crippen LogP contribution in [-0.2, 0) is 10.0 Å². The molecule has 1 heterocycles. The number of rotatable bonds is 3. The second-order valence-corrected chi connectivity index (χ2v) is 9.98. The van der Waals surface area contributed by atoms with Crippen molar-refractivity contribution < 1.29 is 13.2 Å². The lowest BCUT2D eigenvalue weighted by Gasteiger charge is -2.35. The molecule has 29 heavy (non-hydrogen) atoms. The maximum absolute atomic E-state index is 13.4. The topological polar surface area (TPSA) is 57.7 Å². The molecule has 1 aliphatic rings. The van der Waals surface area contributed by atoms with Gasteiger partial charge >= 0.3 is 0 Å². The molecule has 3 rings (SSSR count). The highest BCUT2D eigenvalue weighted by molar-refractivity contribution is 7.89. The van der Waals surface area contributed by atoms with Crippen molar-refractivity contribution in [1.82, 2.24) is 9.21 Å². The van der Waals surface area contributed by atoms with Crippen molar-refractivity contribution in [3.8, 4) is 0 Å². The van der Waals surface area contributed by atoms with Crippen LogP contribution in [0.25, 0.3) is 0 Å². The number of benzene rings is 2. The van der Waals surface area contributed by atoms with Crippen molar-refractivity contribution in [1.29, 1.82) is 0 Å². The Labute approximate surface area is 174 Å². The molecule has 5 nitrogen and oxygen atoms in total. The number of aryl methyl sites for hydroxylation is 4. The summed E-state index contributed by atoms with van der Waals surface area (Å²) in [6, 6.07) is 7.88. The molecule has 0 saturated carbocycles. The molecule has 0 aromatic heterocycles. The lowest BCUT2D eigenvalue weighted by molar-refractivity contribution is 0.0697. The van der Waals surface area contributed by atoms with Crippen LogP contribution in [0.1, 0.15) is 43.7 Å². The average molecular weight is 415 g/mol. The van der Waals surface area contributed by atoms with Crippen LogP contribution in [-0.4, -0.2) is 49.7 Å². The highest BCUT2D eigenvalue weighted by Crippen LogP contribution is 2.29. The van der Waals surface area contributed by atoms with Gasteiger partial charge in [0.05, 0.1) is 4.90 Å². The van der Waals surface area contributed by atoms with Gasteiger partial charge in [0.25, 0.3) is 5.91 Å². The van der Waals surface area contributed by atoms with Crippen molar-refractivity contribution in [2.24, 2.45) is 0 Å². The van der Waals surface area contributed by atoms with Gasteiger partial charge in [0.15, 0.2) is 0 Å². The third-order valence-electron chi connectivity index (χ3n) is 6.04. The summed E-state index contributed by atoms with van der Waals surface area (Å²) in [5, 5.41) is 0. The van der Waals surface area contributed by atoms with Crippen LogP contribution in [0.5, 0.6) is 0 Å². The van der Waals surface area contributed by atoms with Crippen molar-refractivity contribution in [3.63, 3.8) is 0 Å². The van der Waals surface area contributed by atoms with Gasteiger partial charge in [-0.3, -0.25) is 4.79 Å². The number of amides is 1. The Hall–Kier alpha value is -2.18. The second kappa shape index (κ2) is 7.92. The number of hydrogen-bond acceptors (Lipinski definition) is 3. The van der Waals surface area contributed by atoms with Crippen LogP contribution in [0.3, 0.4) is 0 Å². The molecule has 0 N–H and O–H groups in total. The number of carbonyl (C=O) groups is 1. The molecule has 0 bridgehead atoms. The molecule has 1 saturated heterocycles. The van der Waals surface area contributed by atoms with E-state index >= 15 is 0 Å². The van der Waals surface area contributed by atoms with Crippen LogP contribution in [0.2, 0.25) is 0 Å². The van der Waals surface area contributed by atoms with E-state index < -0.39 is 10.0 Å². The molecule has 2 aromatic carbocycles. The fourth-order valence-corrected chi connectivity index (χ4v) is 5.96. The van der Waals surface area contributed by atoms with E-state index in [4.69, 9.17) is 0 Å². The zero-order chi connectivity index (χ0) is 21.5. The Morgan fingerprint density at radius 3 is 1.90 bits per heavy atom. The highest BCUT2D eigenvalue weighted by atomic mass is 32.2. The Bertz CT molecular complexity index is 1040. The quantitative estimate of drug-likeness (QED) is 0.770. The van der Waals surface area contributed by atoms with Gasteiger partial charge in [-0.1, -0.05) is 23.8 Å². The standard InChI is InChI=1S/C23H30N2O3S/c1-15-7-8-16(2)21(13-15)23(26)24-9-11-25(12-10-24)29(27,28)22-19(5)17(3)14-18(4)20(22)6/h7-8,13-14H,9-12H2,1-6H3. The number of sulfonamides is 1. The van der Waals surface area contributed by atoms with Gasteiger partial charge in [-0.15, -0.1) is 0 Å². The summed E-state index contributed by atoms with van der Waals surface area (Å²) in [5.41, 5.74) is 6.26. The summed E-state index contributed by atoms with van der Waals surface area (Å²) < 4.78 is 28.3. The normalized spacial score (nSPS) is 15.6. The van der Waals surface area contributed by atoms with Crippen LogP contribution < -0.4 is 0 Å². The minimum atomic E-state index is -3.60. The predicted molar refractivity (Wildman–Crippen MR) is 116 cm³/mol. The van der Waals surface area contributed by atoms with E-state index in [1.807, 2.05) is 65.8 Å². The Morgan fingerprint density at radius 1 is 0.793 bits per heavy atom. The third-order valence-corrected chi connectivity index (χ3v) is 8.22. The van der Waals surface area contributed by atoms with E-state index in [2.05, 4.69) is 0 Å². The van der Waals surface area contributed by atoms with Gasteiger partial charge in [0, 0.05) is 31.7 Å². The van der Waals surface area contributed by atoms with Gasteiger partial charge < -0.3 is 4.90 Å². The summed E-state index contributed by atoms with van der Waals surface area (Å²) >= 11 is 0. The van der Waals surface area contributed by atoms with Gasteiger partial charge in [-0.25, -0.2) is 8.42 Å². The largest absolute Gasteiger partial charge is 0.336 e. The zero-order valence-electron chi connectivity index (χ0n) is 18.2. The number of nitrogens with zero attached hydrogens (tertiary/aromatic N) is 2. The molecule has 0 unspecified atom stereocenters. The maximum atomic E-state index is 13.4. The first-order valence-electron chi connectivity index (χ1n) is 9.98. The van der Waals surface area contributed by atoms with E-state index in [-0.39, 0.29) is 5.91 Å². The molecule has 0 atom stereocenters. The van der Waals surface area contributed by atoms with Crippen molar-refractivity contribution in [2.45, 2.75) is 46.4 Å². The SMILES string of the molecule is Cc1ccc(C)c(C(=O)N2CCN(S(=O)(=O)c3c(C)c(C)cc(C)c3C)CC2)c1. The first-order chi connectivity index (χ1) is 13.5. The van der Waals surface area contributed by atoms with Crippen molar-refractivity contribution >= 4 is 15.9 Å². The van der Waals surface area contributed by atoms with Gasteiger partial charge in [-0.05, 0) is 75.4 Å². The number of carbonyl (C=O) groups excluding carboxylic acids is 1. The van der Waals surface area contributed by atoms with E-state index in [0.717, 1.165) is 33.4 Å². The van der Waals surface area contributed by atoms with Crippen molar-refractivity contribution in [2.75, 3.05) is 26.2 Å². The molecule has 1 fully saturated rings. The molecule has 1 aliphatic heterocycles. The Morgan fingerprint density at radius 2 is 1.34 bits per heavy atom. The van der Waals surface area contributed by atoms with Crippen LogP contribution in [0.4, 0.5) is 0 Å². The van der Waals surface area contributed by atoms with E-state index in [1.165, 1.54) is 4.31 Å². The smallest absolute Gasteiger partial charge is 0.254 e. The summed E-state index contributed by atoms with van der Waals surface area (Å²) in [7, 11) is -3.60. The van der Waals surface area contributed by atoms with Gasteiger partial charge in [0.1, 0.15) is 0 Å². The molecule has 0 radical (unpaired) electrons. The minimum absolute atomic E-state index is 0.0259. The molecule has 0 spiro atoms. The second-order valence-electron chi connectivity index (χ2n) is 8.10. The first-order valence-corrected chi connectivity index (χ1v) is 11.4. The van der Waals surface area contributed by atoms with E-state index in [0.29, 0.717) is 36.6 Å². The Balaban J connectivity index is 1.82. The summed E-state index contributed by atoms with van der Waals surface area (Å²) in [4.78, 5) is 15.1. The molecule has 2 aromatic rings. The molecule has 6 heteroatoms. The zero-order valence-corrected chi connectivity index (χ0v) is 19.0. The lowest BCUT2D eigenvalue weighted by atomic mass is 10.0. The van der Waals surface area contributed by atoms with Gasteiger partial charge in [0.2, 0.25) is 10.0 Å². The molecule has 1 amide bonds. The van der Waals surface area contributed by atoms with E-state index in [1.54, 1.807) is 4.90 Å². The lowest BCUT2D eigenvalue weighted by Crippen LogP contribution is -2.50. The monoisotopic (exact) mass is 414 g/mol. The minimum Gasteiger partial charge on any atom is -0.336 e. The molecule has 0 aliphatic carbocycles. The fourth-order valence-electron chi connectivity index (χ4n) is 3.96. The number of hydrogen-bond donors (Lipinski definition) is 0. The van der Waals surface area contributed by atoms with Crippen LogP contribution in [0, 0.1) is 41.5 Å². The van der Waals surface area contributed by atoms with Crippen LogP contribution >= 0.6 is 0 Å². The van der Waals surface area contributed by atoms with Gasteiger partial charge in [-0.2, -0.15) is 4.31 Å². The average Bonchev–Trinajstić information content (AvgIpc) is 2.68. The van der Waals surface area contributed by atoms with Crippen LogP contribution in [0.15, 0.2) is 29.2 Å². The maximum Gasteiger partial charge on any atom is 0.254 e. The first kappa shape index (κ1) is 21.5. The van der Waals surface area contributed by atoms with Crippen molar-refractivity contribution in [3.05, 3.63) is 63.2 Å². The van der Waals surface area contributed by atoms with E-state index in [9.17, 15) is 13.2 Å². The number of piperazine rings is 1. The molecular formula is C23H30N2O3S. The molecular weight excluding hydrogens is 384 g/mol. The fraction of sp³-hybridized carbons (Fsp3) is 0.435. The highest BCUT2D eigenvalue weighted by Gasteiger charge is 2.33. The predicted octanol–water partition coefficient (Wildman–Crippen LogP) is 3.68. The summed E-state index contributed by atoms with van der Waals surface area (Å²) in [6.45, 7) is 12.9.